The minimum Gasteiger partial charge on any atom is -0.395 e. The minimum atomic E-state index is -0.208. The molecule has 2 N–H and O–H groups in total. The van der Waals surface area contributed by atoms with E-state index in [0.717, 1.165) is 18.4 Å². The Kier molecular flexibility index (Phi) is 7.15. The molecule has 20 heavy (non-hydrogen) atoms. The van der Waals surface area contributed by atoms with Gasteiger partial charge in [-0.2, -0.15) is 5.26 Å². The van der Waals surface area contributed by atoms with Crippen LogP contribution in [0.3, 0.4) is 0 Å². The Bertz CT molecular complexity index is 451. The number of carbonyl (C=O) groups is 1. The van der Waals surface area contributed by atoms with Gasteiger partial charge in [0.15, 0.2) is 0 Å². The Morgan fingerprint density at radius 3 is 2.60 bits per heavy atom. The van der Waals surface area contributed by atoms with Crippen molar-refractivity contribution in [3.05, 3.63) is 29.8 Å². The van der Waals surface area contributed by atoms with E-state index in [0.29, 0.717) is 25.2 Å². The lowest BCUT2D eigenvalue weighted by atomic mass is 10.1. The van der Waals surface area contributed by atoms with Gasteiger partial charge < -0.3 is 15.3 Å². The van der Waals surface area contributed by atoms with Crippen molar-refractivity contribution >= 4 is 11.7 Å². The molecule has 5 nitrogen and oxygen atoms in total. The molecule has 0 bridgehead atoms. The molecule has 0 unspecified atom stereocenters. The van der Waals surface area contributed by atoms with Gasteiger partial charge in [-0.3, -0.25) is 0 Å². The molecular formula is C15H21N3O2. The van der Waals surface area contributed by atoms with Gasteiger partial charge in [0.25, 0.3) is 0 Å². The summed E-state index contributed by atoms with van der Waals surface area (Å²) in [4.78, 5) is 13.7. The SMILES string of the molecule is CCCCN(CCO)C(=O)Nc1ccc(CC#N)cc1. The van der Waals surface area contributed by atoms with Gasteiger partial charge in [-0.25, -0.2) is 4.79 Å². The number of rotatable bonds is 7. The van der Waals surface area contributed by atoms with Crippen molar-refractivity contribution in [2.45, 2.75) is 26.2 Å². The van der Waals surface area contributed by atoms with Crippen LogP contribution in [0.2, 0.25) is 0 Å². The van der Waals surface area contributed by atoms with Crippen molar-refractivity contribution in [2.75, 3.05) is 25.0 Å². The van der Waals surface area contributed by atoms with E-state index in [2.05, 4.69) is 18.3 Å². The molecule has 0 saturated carbocycles. The average Bonchev–Trinajstić information content (AvgIpc) is 2.45. The number of aliphatic hydroxyl groups excluding tert-OH is 1. The molecule has 1 aromatic rings. The number of nitrogens with one attached hydrogen (secondary N) is 1. The zero-order valence-electron chi connectivity index (χ0n) is 11.8. The van der Waals surface area contributed by atoms with Crippen molar-refractivity contribution < 1.29 is 9.90 Å². The molecule has 1 aromatic carbocycles. The molecule has 1 rings (SSSR count). The zero-order chi connectivity index (χ0) is 14.8. The maximum absolute atomic E-state index is 12.1. The number of carbonyl (C=O) groups excluding carboxylic acids is 1. The van der Waals surface area contributed by atoms with Crippen molar-refractivity contribution in [1.29, 1.82) is 5.26 Å². The molecule has 0 aliphatic carbocycles. The number of anilines is 1. The second-order valence-corrected chi connectivity index (χ2v) is 4.53. The summed E-state index contributed by atoms with van der Waals surface area (Å²) in [6.45, 7) is 2.98. The number of hydrogen-bond donors (Lipinski definition) is 2. The molecule has 0 aliphatic heterocycles. The van der Waals surface area contributed by atoms with Crippen LogP contribution in [0, 0.1) is 11.3 Å². The number of nitrogens with zero attached hydrogens (tertiary/aromatic N) is 2. The van der Waals surface area contributed by atoms with E-state index >= 15 is 0 Å². The van der Waals surface area contributed by atoms with Crippen molar-refractivity contribution in [1.82, 2.24) is 4.90 Å². The van der Waals surface area contributed by atoms with E-state index in [-0.39, 0.29) is 12.6 Å². The van der Waals surface area contributed by atoms with Crippen LogP contribution in [0.5, 0.6) is 0 Å². The fraction of sp³-hybridized carbons (Fsp3) is 0.467. The van der Waals surface area contributed by atoms with Gasteiger partial charge in [0.2, 0.25) is 0 Å². The Morgan fingerprint density at radius 1 is 1.35 bits per heavy atom. The lowest BCUT2D eigenvalue weighted by molar-refractivity contribution is 0.187. The van der Waals surface area contributed by atoms with Gasteiger partial charge >= 0.3 is 6.03 Å². The van der Waals surface area contributed by atoms with Gasteiger partial charge in [0.1, 0.15) is 0 Å². The Morgan fingerprint density at radius 2 is 2.05 bits per heavy atom. The number of unbranched alkanes of at least 4 members (excludes halogenated alkanes) is 1. The van der Waals surface area contributed by atoms with Crippen LogP contribution in [-0.2, 0) is 6.42 Å². The molecule has 5 heteroatoms. The quantitative estimate of drug-likeness (QED) is 0.802. The number of nitriles is 1. The molecule has 0 aliphatic rings. The lowest BCUT2D eigenvalue weighted by Gasteiger charge is -2.22. The van der Waals surface area contributed by atoms with E-state index in [1.165, 1.54) is 0 Å². The lowest BCUT2D eigenvalue weighted by Crippen LogP contribution is -2.37. The molecule has 0 saturated heterocycles. The maximum Gasteiger partial charge on any atom is 0.321 e. The first-order valence-corrected chi connectivity index (χ1v) is 6.84. The van der Waals surface area contributed by atoms with Crippen molar-refractivity contribution in [3.63, 3.8) is 0 Å². The maximum atomic E-state index is 12.1. The summed E-state index contributed by atoms with van der Waals surface area (Å²) in [7, 11) is 0. The van der Waals surface area contributed by atoms with Crippen LogP contribution in [0.4, 0.5) is 10.5 Å². The second-order valence-electron chi connectivity index (χ2n) is 4.53. The van der Waals surface area contributed by atoms with E-state index in [9.17, 15) is 4.79 Å². The number of benzene rings is 1. The summed E-state index contributed by atoms with van der Waals surface area (Å²) in [5.74, 6) is 0. The molecular weight excluding hydrogens is 254 g/mol. The van der Waals surface area contributed by atoms with Gasteiger partial charge in [-0.05, 0) is 24.1 Å². The normalized spacial score (nSPS) is 9.85. The molecule has 0 spiro atoms. The standard InChI is InChI=1S/C15H21N3O2/c1-2-3-10-18(11-12-19)15(20)17-14-6-4-13(5-7-14)8-9-16/h4-7,19H,2-3,8,10-12H2,1H3,(H,17,20). The molecule has 0 fully saturated rings. The first kappa shape index (κ1) is 16.0. The van der Waals surface area contributed by atoms with Gasteiger partial charge in [0.05, 0.1) is 19.1 Å². The van der Waals surface area contributed by atoms with Crippen molar-refractivity contribution in [2.24, 2.45) is 0 Å². The first-order chi connectivity index (χ1) is 9.71. The van der Waals surface area contributed by atoms with Crippen LogP contribution < -0.4 is 5.32 Å². The largest absolute Gasteiger partial charge is 0.395 e. The second kappa shape index (κ2) is 8.94. The number of urea groups is 1. The van der Waals surface area contributed by atoms with Crippen LogP contribution in [-0.4, -0.2) is 35.7 Å². The highest BCUT2D eigenvalue weighted by Gasteiger charge is 2.12. The number of hydrogen-bond acceptors (Lipinski definition) is 3. The van der Waals surface area contributed by atoms with Crippen LogP contribution in [0.25, 0.3) is 0 Å². The van der Waals surface area contributed by atoms with Gasteiger partial charge in [0, 0.05) is 18.8 Å². The highest BCUT2D eigenvalue weighted by Crippen LogP contribution is 2.11. The van der Waals surface area contributed by atoms with Crippen LogP contribution in [0.1, 0.15) is 25.3 Å². The van der Waals surface area contributed by atoms with E-state index in [1.54, 1.807) is 17.0 Å². The average molecular weight is 275 g/mol. The first-order valence-electron chi connectivity index (χ1n) is 6.84. The molecule has 0 heterocycles. The minimum absolute atomic E-state index is 0.0434. The molecule has 0 radical (unpaired) electrons. The smallest absolute Gasteiger partial charge is 0.321 e. The van der Waals surface area contributed by atoms with Crippen LogP contribution >= 0.6 is 0 Å². The summed E-state index contributed by atoms with van der Waals surface area (Å²) in [6, 6.07) is 9.07. The molecule has 0 aromatic heterocycles. The number of aliphatic hydroxyl groups is 1. The fourth-order valence-electron chi connectivity index (χ4n) is 1.78. The molecule has 0 atom stereocenters. The number of amides is 2. The third-order valence-corrected chi connectivity index (χ3v) is 2.93. The summed E-state index contributed by atoms with van der Waals surface area (Å²) >= 11 is 0. The highest BCUT2D eigenvalue weighted by atomic mass is 16.3. The zero-order valence-corrected chi connectivity index (χ0v) is 11.8. The Hall–Kier alpha value is -2.06. The summed E-state index contributed by atoms with van der Waals surface area (Å²) in [5, 5.41) is 20.4. The predicted octanol–water partition coefficient (Wildman–Crippen LogP) is 2.38. The third kappa shape index (κ3) is 5.29. The van der Waals surface area contributed by atoms with Crippen molar-refractivity contribution in [3.8, 4) is 6.07 Å². The Balaban J connectivity index is 2.60. The monoisotopic (exact) mass is 275 g/mol. The summed E-state index contributed by atoms with van der Waals surface area (Å²) < 4.78 is 0. The molecule has 2 amide bonds. The van der Waals surface area contributed by atoms with Gasteiger partial charge in [-0.15, -0.1) is 0 Å². The molecule has 108 valence electrons. The summed E-state index contributed by atoms with van der Waals surface area (Å²) in [5.41, 5.74) is 1.61. The topological polar surface area (TPSA) is 76.4 Å². The van der Waals surface area contributed by atoms with Gasteiger partial charge in [-0.1, -0.05) is 25.5 Å². The van der Waals surface area contributed by atoms with E-state index in [4.69, 9.17) is 10.4 Å². The predicted molar refractivity (Wildman–Crippen MR) is 78.3 cm³/mol. The van der Waals surface area contributed by atoms with Crippen LogP contribution in [0.15, 0.2) is 24.3 Å². The fourth-order valence-corrected chi connectivity index (χ4v) is 1.78. The third-order valence-electron chi connectivity index (χ3n) is 2.93. The van der Waals surface area contributed by atoms with E-state index in [1.807, 2.05) is 12.1 Å². The summed E-state index contributed by atoms with van der Waals surface area (Å²) in [6.07, 6.45) is 2.27. The highest BCUT2D eigenvalue weighted by molar-refractivity contribution is 5.89. The Labute approximate surface area is 119 Å². The van der Waals surface area contributed by atoms with E-state index < -0.39 is 0 Å².